The maximum Gasteiger partial charge on any atom is 0.203 e. The highest BCUT2D eigenvalue weighted by Crippen LogP contribution is 2.03. The first-order chi connectivity index (χ1) is 8.77. The molecule has 0 radical (unpaired) electrons. The van der Waals surface area contributed by atoms with E-state index >= 15 is 0 Å². The van der Waals surface area contributed by atoms with E-state index in [0.29, 0.717) is 5.56 Å². The van der Waals surface area contributed by atoms with Crippen molar-refractivity contribution in [3.63, 3.8) is 0 Å². The van der Waals surface area contributed by atoms with Crippen LogP contribution in [0.3, 0.4) is 0 Å². The van der Waals surface area contributed by atoms with Gasteiger partial charge in [0.1, 0.15) is 0 Å². The molecule has 2 nitrogen and oxygen atoms in total. The van der Waals surface area contributed by atoms with Crippen LogP contribution in [0.25, 0.3) is 0 Å². The third-order valence-corrected chi connectivity index (χ3v) is 2.43. The van der Waals surface area contributed by atoms with Gasteiger partial charge in [0.05, 0.1) is 0 Å². The smallest absolute Gasteiger partial charge is 0.203 e. The molecule has 2 rings (SSSR count). The molecule has 0 spiro atoms. The van der Waals surface area contributed by atoms with E-state index in [9.17, 15) is 9.90 Å². The molecule has 1 atom stereocenters. The van der Waals surface area contributed by atoms with Crippen LogP contribution >= 0.6 is 0 Å². The maximum atomic E-state index is 11.8. The first-order valence-corrected chi connectivity index (χ1v) is 5.61. The fourth-order valence-corrected chi connectivity index (χ4v) is 1.50. The summed E-state index contributed by atoms with van der Waals surface area (Å²) in [6, 6.07) is 17.9. The van der Waals surface area contributed by atoms with Crippen LogP contribution in [-0.4, -0.2) is 17.0 Å². The fourth-order valence-electron chi connectivity index (χ4n) is 1.50. The summed E-state index contributed by atoms with van der Waals surface area (Å²) < 4.78 is 0. The number of aliphatic hydroxyl groups excluding tert-OH is 1. The molecule has 0 saturated heterocycles. The summed E-state index contributed by atoms with van der Waals surface area (Å²) in [5.41, 5.74) is 1.24. The Bertz CT molecular complexity index is 577. The molecular weight excluding hydrogens is 224 g/mol. The molecule has 0 bridgehead atoms. The van der Waals surface area contributed by atoms with Crippen molar-refractivity contribution in [1.29, 1.82) is 0 Å². The SMILES string of the molecule is O=C(c1ccccc1)C(O)C#Cc1ccccc1. The normalized spacial score (nSPS) is 11.2. The van der Waals surface area contributed by atoms with E-state index in [1.807, 2.05) is 36.4 Å². The molecule has 0 heterocycles. The van der Waals surface area contributed by atoms with E-state index in [2.05, 4.69) is 11.8 Å². The predicted molar refractivity (Wildman–Crippen MR) is 70.1 cm³/mol. The Labute approximate surface area is 106 Å². The molecule has 0 aliphatic rings. The predicted octanol–water partition coefficient (Wildman–Crippen LogP) is 2.28. The number of rotatable bonds is 2. The third kappa shape index (κ3) is 3.07. The topological polar surface area (TPSA) is 37.3 Å². The lowest BCUT2D eigenvalue weighted by Gasteiger charge is -2.01. The van der Waals surface area contributed by atoms with Gasteiger partial charge in [-0.3, -0.25) is 4.79 Å². The summed E-state index contributed by atoms with van der Waals surface area (Å²) in [7, 11) is 0. The number of hydrogen-bond donors (Lipinski definition) is 1. The highest BCUT2D eigenvalue weighted by atomic mass is 16.3. The quantitative estimate of drug-likeness (QED) is 0.641. The Hall–Kier alpha value is -2.37. The van der Waals surface area contributed by atoms with E-state index in [0.717, 1.165) is 5.56 Å². The second-order valence-corrected chi connectivity index (χ2v) is 3.77. The average Bonchev–Trinajstić information content (AvgIpc) is 2.46. The number of ketones is 1. The minimum Gasteiger partial charge on any atom is -0.373 e. The first kappa shape index (κ1) is 12.1. The van der Waals surface area contributed by atoms with Crippen molar-refractivity contribution in [2.24, 2.45) is 0 Å². The van der Waals surface area contributed by atoms with Gasteiger partial charge in [0.15, 0.2) is 6.10 Å². The minimum atomic E-state index is -1.28. The Balaban J connectivity index is 2.12. The van der Waals surface area contributed by atoms with Gasteiger partial charge < -0.3 is 5.11 Å². The summed E-state index contributed by atoms with van der Waals surface area (Å²) in [5.74, 6) is 4.95. The monoisotopic (exact) mass is 236 g/mol. The number of benzene rings is 2. The Morgan fingerprint density at radius 2 is 1.50 bits per heavy atom. The van der Waals surface area contributed by atoms with Gasteiger partial charge in [-0.05, 0) is 12.1 Å². The summed E-state index contributed by atoms with van der Waals surface area (Å²) in [6.07, 6.45) is -1.28. The summed E-state index contributed by atoms with van der Waals surface area (Å²) in [6.45, 7) is 0. The first-order valence-electron chi connectivity index (χ1n) is 5.61. The van der Waals surface area contributed by atoms with E-state index in [4.69, 9.17) is 0 Å². The van der Waals surface area contributed by atoms with Gasteiger partial charge in [-0.2, -0.15) is 0 Å². The van der Waals surface area contributed by atoms with Crippen molar-refractivity contribution >= 4 is 5.78 Å². The van der Waals surface area contributed by atoms with Gasteiger partial charge in [-0.15, -0.1) is 0 Å². The highest BCUT2D eigenvalue weighted by Gasteiger charge is 2.13. The zero-order chi connectivity index (χ0) is 12.8. The zero-order valence-corrected chi connectivity index (χ0v) is 9.71. The number of hydrogen-bond acceptors (Lipinski definition) is 2. The molecule has 2 aromatic rings. The molecule has 88 valence electrons. The largest absolute Gasteiger partial charge is 0.373 e. The van der Waals surface area contributed by atoms with E-state index in [1.165, 1.54) is 0 Å². The van der Waals surface area contributed by atoms with Crippen molar-refractivity contribution < 1.29 is 9.90 Å². The van der Waals surface area contributed by atoms with Gasteiger partial charge in [-0.1, -0.05) is 60.4 Å². The number of Topliss-reactive ketones (excluding diaryl/α,β-unsaturated/α-hetero) is 1. The molecular formula is C16H12O2. The lowest BCUT2D eigenvalue weighted by atomic mass is 10.1. The van der Waals surface area contributed by atoms with Crippen LogP contribution in [0.2, 0.25) is 0 Å². The molecule has 0 fully saturated rings. The van der Waals surface area contributed by atoms with Gasteiger partial charge in [0, 0.05) is 11.1 Å². The fraction of sp³-hybridized carbons (Fsp3) is 0.0625. The van der Waals surface area contributed by atoms with Gasteiger partial charge in [0.25, 0.3) is 0 Å². The molecule has 18 heavy (non-hydrogen) atoms. The van der Waals surface area contributed by atoms with Crippen LogP contribution in [0.1, 0.15) is 15.9 Å². The van der Waals surface area contributed by atoms with Crippen molar-refractivity contribution in [2.45, 2.75) is 6.10 Å². The minimum absolute atomic E-state index is 0.376. The Morgan fingerprint density at radius 1 is 0.944 bits per heavy atom. The molecule has 1 N–H and O–H groups in total. The van der Waals surface area contributed by atoms with Crippen LogP contribution in [0.5, 0.6) is 0 Å². The Morgan fingerprint density at radius 3 is 2.11 bits per heavy atom. The van der Waals surface area contributed by atoms with E-state index in [-0.39, 0.29) is 5.78 Å². The molecule has 0 saturated carbocycles. The molecule has 0 amide bonds. The van der Waals surface area contributed by atoms with Crippen LogP contribution in [0, 0.1) is 11.8 Å². The van der Waals surface area contributed by atoms with Crippen molar-refractivity contribution in [3.8, 4) is 11.8 Å². The standard InChI is InChI=1S/C16H12O2/c17-15(12-11-13-7-3-1-4-8-13)16(18)14-9-5-2-6-10-14/h1-10,15,17H. The molecule has 1 unspecified atom stereocenters. The molecule has 0 aliphatic carbocycles. The summed E-state index contributed by atoms with van der Waals surface area (Å²) in [4.78, 5) is 11.8. The lowest BCUT2D eigenvalue weighted by Crippen LogP contribution is -2.18. The van der Waals surface area contributed by atoms with Gasteiger partial charge >= 0.3 is 0 Å². The van der Waals surface area contributed by atoms with Crippen LogP contribution in [0.15, 0.2) is 60.7 Å². The number of aliphatic hydroxyl groups is 1. The van der Waals surface area contributed by atoms with Crippen molar-refractivity contribution in [3.05, 3.63) is 71.8 Å². The second-order valence-electron chi connectivity index (χ2n) is 3.77. The van der Waals surface area contributed by atoms with Crippen molar-refractivity contribution in [2.75, 3.05) is 0 Å². The van der Waals surface area contributed by atoms with Gasteiger partial charge in [0.2, 0.25) is 5.78 Å². The van der Waals surface area contributed by atoms with Crippen LogP contribution in [-0.2, 0) is 0 Å². The lowest BCUT2D eigenvalue weighted by molar-refractivity contribution is 0.0832. The Kier molecular flexibility index (Phi) is 3.90. The number of carbonyl (C=O) groups excluding carboxylic acids is 1. The molecule has 2 heteroatoms. The molecule has 0 aromatic heterocycles. The van der Waals surface area contributed by atoms with Crippen LogP contribution < -0.4 is 0 Å². The maximum absolute atomic E-state index is 11.8. The summed E-state index contributed by atoms with van der Waals surface area (Å²) >= 11 is 0. The van der Waals surface area contributed by atoms with Gasteiger partial charge in [-0.25, -0.2) is 0 Å². The zero-order valence-electron chi connectivity index (χ0n) is 9.71. The van der Waals surface area contributed by atoms with E-state index in [1.54, 1.807) is 24.3 Å². The molecule has 0 aliphatic heterocycles. The van der Waals surface area contributed by atoms with Crippen LogP contribution in [0.4, 0.5) is 0 Å². The highest BCUT2D eigenvalue weighted by molar-refractivity contribution is 6.01. The third-order valence-electron chi connectivity index (χ3n) is 2.43. The van der Waals surface area contributed by atoms with E-state index < -0.39 is 6.10 Å². The second kappa shape index (κ2) is 5.81. The number of carbonyl (C=O) groups is 1. The average molecular weight is 236 g/mol. The molecule has 2 aromatic carbocycles. The van der Waals surface area contributed by atoms with Crippen molar-refractivity contribution in [1.82, 2.24) is 0 Å². The summed E-state index contributed by atoms with van der Waals surface area (Å²) in [5, 5.41) is 9.71.